The van der Waals surface area contributed by atoms with Crippen LogP contribution in [-0.4, -0.2) is 96.2 Å². The van der Waals surface area contributed by atoms with E-state index >= 15 is 0 Å². The molecule has 0 amide bonds. The molecule has 0 spiro atoms. The lowest BCUT2D eigenvalue weighted by atomic mass is 9.81. The monoisotopic (exact) mass is 2000 g/mol. The summed E-state index contributed by atoms with van der Waals surface area (Å²) in [6.45, 7) is 4.00. The number of ether oxygens (including phenoxy) is 2. The molecule has 17 nitrogen and oxygen atoms in total. The van der Waals surface area contributed by atoms with E-state index in [1.54, 1.807) is 94.1 Å². The fourth-order valence-corrected chi connectivity index (χ4v) is 35.2. The molecule has 2 N–H and O–H groups in total. The average molecular weight is 2000 g/mol. The first-order chi connectivity index (χ1) is 65.2. The molecule has 20 aliphatic rings. The first kappa shape index (κ1) is 84.2. The molecule has 10 bridgehead atoms. The maximum absolute atomic E-state index is 11.4. The second kappa shape index (κ2) is 34.2. The van der Waals surface area contributed by atoms with E-state index in [-0.39, 0.29) is 4.06 Å². The van der Waals surface area contributed by atoms with Gasteiger partial charge < -0.3 is 19.4 Å². The second-order valence-corrected chi connectivity index (χ2v) is 49.7. The quantitative estimate of drug-likeness (QED) is 0.0818. The fourth-order valence-electron chi connectivity index (χ4n) is 23.0. The van der Waals surface area contributed by atoms with Crippen molar-refractivity contribution in [1.82, 2.24) is 69.8 Å². The summed E-state index contributed by atoms with van der Waals surface area (Å²) in [4.78, 5) is 77.5. The lowest BCUT2D eigenvalue weighted by molar-refractivity contribution is 0.198. The molecule has 6 aliphatic heterocycles. The highest BCUT2D eigenvalue weighted by molar-refractivity contribution is 8.31. The van der Waals surface area contributed by atoms with E-state index in [2.05, 4.69) is 224 Å². The van der Waals surface area contributed by atoms with Crippen LogP contribution in [0.1, 0.15) is 80.8 Å². The molecule has 5 aromatic carbocycles. The van der Waals surface area contributed by atoms with Crippen molar-refractivity contribution < 1.29 is 9.47 Å². The van der Waals surface area contributed by atoms with Gasteiger partial charge in [-0.25, -0.2) is 59.8 Å². The van der Waals surface area contributed by atoms with Gasteiger partial charge in [-0.2, -0.15) is 0 Å². The van der Waals surface area contributed by atoms with Crippen LogP contribution in [0.15, 0.2) is 208 Å². The minimum Gasteiger partial charge on any atom is -0.381 e. The molecule has 660 valence electrons. The van der Waals surface area contributed by atoms with Crippen LogP contribution in [-0.2, 0) is 9.47 Å². The second-order valence-electron chi connectivity index (χ2n) is 37.0. The van der Waals surface area contributed by atoms with Gasteiger partial charge in [-0.1, -0.05) is 322 Å². The number of allylic oxidation sites excluding steroid dienone is 10. The van der Waals surface area contributed by atoms with Gasteiger partial charge in [-0.05, 0) is 222 Å². The predicted molar refractivity (Wildman–Crippen MR) is 550 cm³/mol. The molecule has 6 fully saturated rings. The maximum Gasteiger partial charge on any atom is 0.291 e. The molecule has 31 heteroatoms. The summed E-state index contributed by atoms with van der Waals surface area (Å²) < 4.78 is 16.2. The Bertz CT molecular complexity index is 7710. The summed E-state index contributed by atoms with van der Waals surface area (Å²) in [6.07, 6.45) is 53.7. The summed E-state index contributed by atoms with van der Waals surface area (Å²) in [7, 11) is 0. The number of nitrogens with zero attached hydrogens (tertiary/aromatic N) is 12. The van der Waals surface area contributed by atoms with Crippen LogP contribution in [0.5, 0.6) is 0 Å². The van der Waals surface area contributed by atoms with Crippen molar-refractivity contribution in [2.75, 3.05) is 26.4 Å². The van der Waals surface area contributed by atoms with E-state index in [0.717, 1.165) is 164 Å². The number of aromatic nitrogens is 14. The van der Waals surface area contributed by atoms with Crippen LogP contribution in [0.4, 0.5) is 0 Å². The van der Waals surface area contributed by atoms with E-state index in [1.807, 2.05) is 0 Å². The number of benzene rings is 5. The first-order valence-corrected chi connectivity index (χ1v) is 55.3. The average Bonchev–Trinajstić information content (AvgIpc) is 1.58. The highest BCUT2D eigenvalue weighted by Crippen LogP contribution is 2.63. The highest BCUT2D eigenvalue weighted by Gasteiger charge is 2.48. The number of fused-ring (bicyclic) bond motifs is 39. The number of hydrogen-bond acceptors (Lipinski definition) is 27. The summed E-state index contributed by atoms with van der Waals surface area (Å²) >= 11 is 38.5. The molecule has 4 saturated carbocycles. The number of rotatable bonds is 0. The van der Waals surface area contributed by atoms with E-state index in [0.29, 0.717) is 114 Å². The third-order valence-corrected chi connectivity index (χ3v) is 43.1. The Hall–Kier alpha value is -8.05. The fraction of sp³-hybridized carbons (Fsp3) is 0.304. The van der Waals surface area contributed by atoms with Gasteiger partial charge in [-0.3, -0.25) is 4.79 Å². The topological polar surface area (TPSA) is 222 Å². The van der Waals surface area contributed by atoms with Crippen LogP contribution >= 0.6 is 164 Å². The third kappa shape index (κ3) is 15.5. The predicted octanol–water partition coefficient (Wildman–Crippen LogP) is 20.2. The minimum absolute atomic E-state index is 0.0827. The number of hydrogen-bond donors (Lipinski definition) is 2. The zero-order valence-corrected chi connectivity index (χ0v) is 82.1. The summed E-state index contributed by atoms with van der Waals surface area (Å²) in [5, 5.41) is 21.5. The van der Waals surface area contributed by atoms with Crippen LogP contribution in [0.2, 0.25) is 10.3 Å². The van der Waals surface area contributed by atoms with Crippen LogP contribution in [0.3, 0.4) is 0 Å². The van der Waals surface area contributed by atoms with Crippen molar-refractivity contribution in [3.05, 3.63) is 245 Å². The number of halogens is 2. The number of H-pyrrole nitrogens is 2. The van der Waals surface area contributed by atoms with E-state index < -0.39 is 0 Å². The van der Waals surface area contributed by atoms with E-state index in [9.17, 15) is 4.79 Å². The van der Waals surface area contributed by atoms with Crippen molar-refractivity contribution in [3.63, 3.8) is 0 Å². The smallest absolute Gasteiger partial charge is 0.291 e. The van der Waals surface area contributed by atoms with Gasteiger partial charge in [0.05, 0.1) is 92.8 Å². The summed E-state index contributed by atoms with van der Waals surface area (Å²) in [6, 6.07) is 29.8. The van der Waals surface area contributed by atoms with Crippen molar-refractivity contribution in [3.8, 4) is 0 Å². The van der Waals surface area contributed by atoms with E-state index in [4.69, 9.17) is 97.0 Å². The molecule has 8 aromatic heterocycles. The molecular formula is C102H78Cl2N14O3S12. The van der Waals surface area contributed by atoms with Crippen LogP contribution < -0.4 is 46.8 Å². The molecule has 0 radical (unpaired) electrons. The molecule has 2 saturated heterocycles. The third-order valence-electron chi connectivity index (χ3n) is 29.3. The lowest BCUT2D eigenvalue weighted by Gasteiger charge is -2.24. The summed E-state index contributed by atoms with van der Waals surface area (Å²) in [5.74, 6) is 11.5. The molecule has 14 heterocycles. The van der Waals surface area contributed by atoms with Gasteiger partial charge in [-0.15, -0.1) is 0 Å². The molecule has 133 heavy (non-hydrogen) atoms. The number of aromatic amines is 2. The Kier molecular flexibility index (Phi) is 21.7. The first-order valence-electron chi connectivity index (χ1n) is 45.6. The number of nitrogens with one attached hydrogen (secondary N) is 2. The summed E-state index contributed by atoms with van der Waals surface area (Å²) in [5.41, 5.74) is 8.72. The van der Waals surface area contributed by atoms with Crippen LogP contribution in [0.25, 0.3) is 113 Å². The number of thioether (sulfide) groups is 8. The zero-order chi connectivity index (χ0) is 88.1. The SMILES string of the molecule is C1=CC2CC1c1cc3nc4c(nc3cc12)SC(=C1Sc2nc3c(nc2S1)=CC1C2C=CC(C2)C1C=3)S4.C1CCOC1.C1CCOC1.Clc1nc2c(nc1Cl)=CC1C3C=CC(C3)C1C=2.O=c1sc2nc3c(nc2s1)=CC1C2C=CC(C2)C1C=3.S=c1[nH]c2c([nH]c1=S)=CC1C3C=CC(C3)C1C=2.c1ccc2cc3nc4c(nc3cc2c1)SC(=C1Sc2nc3cc5ccccc5cc3nc2S1)S4. The van der Waals surface area contributed by atoms with Crippen molar-refractivity contribution in [1.29, 1.82) is 0 Å². The highest BCUT2D eigenvalue weighted by atomic mass is 35.5. The zero-order valence-electron chi connectivity index (χ0n) is 70.8. The van der Waals surface area contributed by atoms with Gasteiger partial charge in [0.1, 0.15) is 49.5 Å². The van der Waals surface area contributed by atoms with Gasteiger partial charge in [0.2, 0.25) is 0 Å². The maximum atomic E-state index is 11.4. The molecule has 18 atom stereocenters. The Morgan fingerprint density at radius 3 is 0.842 bits per heavy atom. The van der Waals surface area contributed by atoms with Gasteiger partial charge >= 0.3 is 0 Å². The minimum atomic E-state index is 0.0827. The lowest BCUT2D eigenvalue weighted by Crippen LogP contribution is -2.39. The molecular weight excluding hydrogens is 1920 g/mol. The molecule has 18 unspecified atom stereocenters. The Morgan fingerprint density at radius 1 is 0.308 bits per heavy atom. The Labute approximate surface area is 824 Å². The largest absolute Gasteiger partial charge is 0.381 e. The molecule has 14 aliphatic carbocycles. The van der Waals surface area contributed by atoms with Crippen molar-refractivity contribution in [2.45, 2.75) is 110 Å². The normalized spacial score (nSPS) is 28.6. The van der Waals surface area contributed by atoms with Gasteiger partial charge in [0, 0.05) is 38.3 Å². The van der Waals surface area contributed by atoms with E-state index in [1.165, 1.54) is 130 Å². The van der Waals surface area contributed by atoms with Gasteiger partial charge in [0.15, 0.2) is 20.0 Å². The van der Waals surface area contributed by atoms with Crippen molar-refractivity contribution in [2.24, 2.45) is 94.7 Å². The Balaban J connectivity index is 0.0000000853. The Morgan fingerprint density at radius 2 is 0.564 bits per heavy atom. The van der Waals surface area contributed by atoms with Gasteiger partial charge in [0.25, 0.3) is 4.06 Å². The molecule has 33 rings (SSSR count). The van der Waals surface area contributed by atoms with Crippen LogP contribution in [0, 0.1) is 104 Å². The standard InChI is InChI=1S/C28H18N4S4.C26H12N4S4.C14H10N2OS2.C13H10Cl2N2.C13H12N2S2.2C4H8O/c1-2-12-5-11(1)15-7-19-20(8-16(12)15)30-24-23(29-19)33-27(34-24)28-35-25-26(36-28)32-22-10-18-14-4-3-13(6-14)17(18)9-21(22)31-25;1-2-6-14-10-18-17(9-13(14)5-1)27-21-22(28-18)32-25(31-21)26-33-23-24(34-26)30-20-12-16-8-4-3-7-15(16)11-19(20)29-23;17-14-18-12-13(19-14)16-11-5-9-7-2-1-6(3-7)8(9)4-10(11)15-12;14-12-13(15)17-11-5-9-7-2-1-6(3-7)8(9)4-10(11)16-12;16-12-13(17)15-11-5-9-7-2-1-6(3-7)8(9)4-10(11)14-12;2*1-2-4-5-3-1/h1-4,7-16H,5-6H2;1-12H;1-2,4-9H,3H2;1-2,4-9H,3H2;1-2,4-9H,3H2,(H,14,16)(H,15,17);2*1-4H2. The molecule has 13 aromatic rings. The van der Waals surface area contributed by atoms with Crippen molar-refractivity contribution >= 4 is 277 Å².